The maximum absolute atomic E-state index is 11.3. The predicted octanol–water partition coefficient (Wildman–Crippen LogP) is 1.43. The van der Waals surface area contributed by atoms with Crippen LogP contribution in [-0.2, 0) is 4.84 Å². The van der Waals surface area contributed by atoms with Crippen LogP contribution < -0.4 is 0 Å². The molecule has 1 aromatic rings. The van der Waals surface area contributed by atoms with E-state index >= 15 is 0 Å². The molecule has 1 rings (SSSR count). The van der Waals surface area contributed by atoms with E-state index in [-0.39, 0.29) is 5.91 Å². The van der Waals surface area contributed by atoms with Gasteiger partial charge in [0.2, 0.25) is 0 Å². The van der Waals surface area contributed by atoms with Crippen LogP contribution >= 0.6 is 22.9 Å². The van der Waals surface area contributed by atoms with E-state index in [0.717, 1.165) is 5.06 Å². The lowest BCUT2D eigenvalue weighted by Gasteiger charge is -2.10. The molecule has 0 spiro atoms. The Morgan fingerprint density at radius 1 is 1.83 bits per heavy atom. The lowest BCUT2D eigenvalue weighted by atomic mass is 10.5. The van der Waals surface area contributed by atoms with Crippen LogP contribution in [0.3, 0.4) is 0 Å². The number of aromatic nitrogens is 1. The van der Waals surface area contributed by atoms with Crippen molar-refractivity contribution < 1.29 is 9.63 Å². The third kappa shape index (κ3) is 1.94. The fourth-order valence-electron chi connectivity index (χ4n) is 0.594. The summed E-state index contributed by atoms with van der Waals surface area (Å²) < 4.78 is 0.350. The van der Waals surface area contributed by atoms with Crippen LogP contribution in [0.25, 0.3) is 0 Å². The highest BCUT2D eigenvalue weighted by Crippen LogP contribution is 2.15. The first-order chi connectivity index (χ1) is 5.65. The second kappa shape index (κ2) is 3.84. The van der Waals surface area contributed by atoms with Crippen LogP contribution in [0.5, 0.6) is 0 Å². The minimum Gasteiger partial charge on any atom is -0.274 e. The van der Waals surface area contributed by atoms with Crippen molar-refractivity contribution in [1.29, 1.82) is 0 Å². The Kier molecular flexibility index (Phi) is 3.02. The smallest absolute Gasteiger partial charge is 0.274 e. The Balaban J connectivity index is 2.78. The number of nitrogens with zero attached hydrogens (tertiary/aromatic N) is 2. The average molecular weight is 207 g/mol. The molecule has 0 radical (unpaired) electrons. The molecular formula is C6H7ClN2O2S. The summed E-state index contributed by atoms with van der Waals surface area (Å²) in [6, 6.07) is 0. The molecule has 6 heteroatoms. The molecule has 1 heterocycles. The molecule has 12 heavy (non-hydrogen) atoms. The summed E-state index contributed by atoms with van der Waals surface area (Å²) in [5, 5.41) is 2.67. The van der Waals surface area contributed by atoms with Crippen molar-refractivity contribution in [3.63, 3.8) is 0 Å². The Bertz CT molecular complexity index is 289. The number of hydrogen-bond donors (Lipinski definition) is 0. The maximum Gasteiger partial charge on any atom is 0.296 e. The number of hydrogen-bond acceptors (Lipinski definition) is 4. The molecule has 0 aliphatic carbocycles. The third-order valence-electron chi connectivity index (χ3n) is 1.26. The number of carbonyl (C=O) groups is 1. The third-order valence-corrected chi connectivity index (χ3v) is 2.23. The fourth-order valence-corrected chi connectivity index (χ4v) is 1.33. The van der Waals surface area contributed by atoms with Crippen LogP contribution in [-0.4, -0.2) is 30.1 Å². The van der Waals surface area contributed by atoms with Crippen molar-refractivity contribution in [1.82, 2.24) is 10.0 Å². The minimum atomic E-state index is -0.305. The van der Waals surface area contributed by atoms with Gasteiger partial charge in [-0.05, 0) is 0 Å². The highest BCUT2D eigenvalue weighted by Gasteiger charge is 2.14. The molecule has 0 bridgehead atoms. The van der Waals surface area contributed by atoms with E-state index < -0.39 is 0 Å². The van der Waals surface area contributed by atoms with Crippen LogP contribution in [0.4, 0.5) is 0 Å². The lowest BCUT2D eigenvalue weighted by molar-refractivity contribution is -0.0760. The van der Waals surface area contributed by atoms with E-state index in [9.17, 15) is 4.79 Å². The maximum atomic E-state index is 11.3. The zero-order valence-electron chi connectivity index (χ0n) is 6.57. The molecule has 0 saturated heterocycles. The zero-order chi connectivity index (χ0) is 9.14. The van der Waals surface area contributed by atoms with Gasteiger partial charge in [-0.3, -0.25) is 9.63 Å². The predicted molar refractivity (Wildman–Crippen MR) is 46.2 cm³/mol. The molecule has 1 amide bonds. The van der Waals surface area contributed by atoms with Gasteiger partial charge in [-0.2, -0.15) is 0 Å². The first-order valence-electron chi connectivity index (χ1n) is 3.08. The monoisotopic (exact) mass is 206 g/mol. The number of halogens is 1. The summed E-state index contributed by atoms with van der Waals surface area (Å²) in [7, 11) is 2.92. The van der Waals surface area contributed by atoms with Gasteiger partial charge in [0.25, 0.3) is 5.91 Å². The molecule has 0 unspecified atom stereocenters. The average Bonchev–Trinajstić information content (AvgIpc) is 2.49. The van der Waals surface area contributed by atoms with Gasteiger partial charge >= 0.3 is 0 Å². The summed E-state index contributed by atoms with van der Waals surface area (Å²) in [6.07, 6.45) is 0. The van der Waals surface area contributed by atoms with E-state index in [0.29, 0.717) is 10.2 Å². The van der Waals surface area contributed by atoms with Gasteiger partial charge in [0.15, 0.2) is 4.47 Å². The molecule has 1 aromatic heterocycles. The van der Waals surface area contributed by atoms with Crippen molar-refractivity contribution in [2.75, 3.05) is 14.2 Å². The Hall–Kier alpha value is -0.650. The van der Waals surface area contributed by atoms with E-state index in [4.69, 9.17) is 11.6 Å². The largest absolute Gasteiger partial charge is 0.296 e. The molecular weight excluding hydrogens is 200 g/mol. The van der Waals surface area contributed by atoms with Crippen molar-refractivity contribution in [3.05, 3.63) is 15.5 Å². The molecule has 0 atom stereocenters. The van der Waals surface area contributed by atoms with Crippen LogP contribution in [0, 0.1) is 0 Å². The van der Waals surface area contributed by atoms with Crippen molar-refractivity contribution in [3.8, 4) is 0 Å². The molecule has 0 fully saturated rings. The van der Waals surface area contributed by atoms with E-state index in [1.54, 1.807) is 5.38 Å². The van der Waals surface area contributed by atoms with E-state index in [1.807, 2.05) is 0 Å². The van der Waals surface area contributed by atoms with Crippen molar-refractivity contribution in [2.45, 2.75) is 0 Å². The fraction of sp³-hybridized carbons (Fsp3) is 0.333. The standard InChI is InChI=1S/C6H7ClN2O2S/c1-9(11-2)5(10)4-3-12-6(7)8-4/h3H,1-2H3. The molecule has 0 aliphatic rings. The molecule has 0 N–H and O–H groups in total. The van der Waals surface area contributed by atoms with Gasteiger partial charge in [0.1, 0.15) is 5.69 Å². The summed E-state index contributed by atoms with van der Waals surface area (Å²) >= 11 is 6.76. The van der Waals surface area contributed by atoms with E-state index in [1.165, 1.54) is 25.5 Å². The first-order valence-corrected chi connectivity index (χ1v) is 4.34. The van der Waals surface area contributed by atoms with Gasteiger partial charge in [-0.25, -0.2) is 10.0 Å². The van der Waals surface area contributed by atoms with Gasteiger partial charge < -0.3 is 0 Å². The number of thiazole rings is 1. The first kappa shape index (κ1) is 9.44. The van der Waals surface area contributed by atoms with Crippen LogP contribution in [0.15, 0.2) is 5.38 Å². The number of carbonyl (C=O) groups excluding carboxylic acids is 1. The molecule has 0 saturated carbocycles. The van der Waals surface area contributed by atoms with Crippen LogP contribution in [0.2, 0.25) is 4.47 Å². The van der Waals surface area contributed by atoms with Gasteiger partial charge in [0.05, 0.1) is 7.11 Å². The number of rotatable bonds is 2. The van der Waals surface area contributed by atoms with Crippen LogP contribution in [0.1, 0.15) is 10.5 Å². The summed E-state index contributed by atoms with van der Waals surface area (Å²) in [5.74, 6) is -0.305. The minimum absolute atomic E-state index is 0.300. The summed E-state index contributed by atoms with van der Waals surface area (Å²) in [6.45, 7) is 0. The van der Waals surface area contributed by atoms with Gasteiger partial charge in [0, 0.05) is 12.4 Å². The zero-order valence-corrected chi connectivity index (χ0v) is 8.15. The lowest BCUT2D eigenvalue weighted by Crippen LogP contribution is -2.25. The second-order valence-electron chi connectivity index (χ2n) is 1.97. The molecule has 4 nitrogen and oxygen atoms in total. The van der Waals surface area contributed by atoms with E-state index in [2.05, 4.69) is 9.82 Å². The van der Waals surface area contributed by atoms with Crippen molar-refractivity contribution in [2.24, 2.45) is 0 Å². The number of hydroxylamine groups is 2. The topological polar surface area (TPSA) is 42.4 Å². The normalized spacial score (nSPS) is 9.92. The Labute approximate surface area is 78.7 Å². The quantitative estimate of drug-likeness (QED) is 0.688. The highest BCUT2D eigenvalue weighted by atomic mass is 35.5. The summed E-state index contributed by atoms with van der Waals surface area (Å²) in [4.78, 5) is 19.7. The highest BCUT2D eigenvalue weighted by molar-refractivity contribution is 7.14. The SMILES string of the molecule is CON(C)C(=O)c1csc(Cl)n1. The Morgan fingerprint density at radius 2 is 2.50 bits per heavy atom. The Morgan fingerprint density at radius 3 is 2.92 bits per heavy atom. The van der Waals surface area contributed by atoms with Gasteiger partial charge in [-0.1, -0.05) is 11.6 Å². The molecule has 66 valence electrons. The van der Waals surface area contributed by atoms with Gasteiger partial charge in [-0.15, -0.1) is 11.3 Å². The van der Waals surface area contributed by atoms with Crippen molar-refractivity contribution >= 4 is 28.8 Å². The molecule has 0 aliphatic heterocycles. The summed E-state index contributed by atoms with van der Waals surface area (Å²) in [5.41, 5.74) is 0.300. The second-order valence-corrected chi connectivity index (χ2v) is 3.41. The molecule has 0 aromatic carbocycles. The number of amides is 1.